The number of aliphatic carboxylic acids is 1. The van der Waals surface area contributed by atoms with Crippen LogP contribution < -0.4 is 10.1 Å². The highest BCUT2D eigenvalue weighted by molar-refractivity contribution is 5.70. The zero-order chi connectivity index (χ0) is 19.5. The molecule has 7 heteroatoms. The Morgan fingerprint density at radius 1 is 1.19 bits per heavy atom. The van der Waals surface area contributed by atoms with E-state index in [9.17, 15) is 18.0 Å². The molecule has 0 radical (unpaired) electrons. The van der Waals surface area contributed by atoms with Crippen molar-refractivity contribution in [3.05, 3.63) is 29.3 Å². The van der Waals surface area contributed by atoms with Gasteiger partial charge in [0.1, 0.15) is 11.4 Å². The number of benzene rings is 1. The van der Waals surface area contributed by atoms with Crippen LogP contribution in [0.2, 0.25) is 0 Å². The number of hydrogen-bond acceptors (Lipinski definition) is 3. The summed E-state index contributed by atoms with van der Waals surface area (Å²) in [6, 6.07) is 4.08. The SMILES string of the molecule is CC(C)(C)Oc1ccc(CNC2CCC(C(=O)O)CC2)c(C(F)(F)F)c1. The monoisotopic (exact) mass is 373 g/mol. The first-order chi connectivity index (χ1) is 12.0. The lowest BCUT2D eigenvalue weighted by Gasteiger charge is -2.27. The van der Waals surface area contributed by atoms with Gasteiger partial charge in [0.05, 0.1) is 11.5 Å². The minimum Gasteiger partial charge on any atom is -0.488 e. The van der Waals surface area contributed by atoms with Crippen molar-refractivity contribution in [3.63, 3.8) is 0 Å². The molecule has 1 fully saturated rings. The summed E-state index contributed by atoms with van der Waals surface area (Å²) in [5.41, 5.74) is -1.11. The topological polar surface area (TPSA) is 58.6 Å². The summed E-state index contributed by atoms with van der Waals surface area (Å²) < 4.78 is 45.8. The highest BCUT2D eigenvalue weighted by Gasteiger charge is 2.34. The highest BCUT2D eigenvalue weighted by Crippen LogP contribution is 2.35. The van der Waals surface area contributed by atoms with Crippen LogP contribution in [0.5, 0.6) is 5.75 Å². The molecule has 146 valence electrons. The molecular weight excluding hydrogens is 347 g/mol. The van der Waals surface area contributed by atoms with Gasteiger partial charge in [-0.3, -0.25) is 4.79 Å². The van der Waals surface area contributed by atoms with E-state index in [0.29, 0.717) is 25.7 Å². The predicted molar refractivity (Wildman–Crippen MR) is 92.0 cm³/mol. The molecular formula is C19H26F3NO3. The Morgan fingerprint density at radius 2 is 1.81 bits per heavy atom. The second-order valence-corrected chi connectivity index (χ2v) is 7.80. The third-order valence-corrected chi connectivity index (χ3v) is 4.47. The summed E-state index contributed by atoms with van der Waals surface area (Å²) in [5.74, 6) is -0.944. The standard InChI is InChI=1S/C19H26F3NO3/c1-18(2,3)26-15-9-6-13(16(10-15)19(20,21)22)11-23-14-7-4-12(5-8-14)17(24)25/h6,9-10,12,14,23H,4-5,7-8,11H2,1-3H3,(H,24,25). The normalized spacial score (nSPS) is 21.5. The number of nitrogens with one attached hydrogen (secondary N) is 1. The van der Waals surface area contributed by atoms with E-state index in [-0.39, 0.29) is 29.8 Å². The van der Waals surface area contributed by atoms with E-state index in [4.69, 9.17) is 9.84 Å². The van der Waals surface area contributed by atoms with Gasteiger partial charge in [-0.05, 0) is 64.2 Å². The Hall–Kier alpha value is -1.76. The number of rotatable bonds is 5. The van der Waals surface area contributed by atoms with Crippen LogP contribution >= 0.6 is 0 Å². The van der Waals surface area contributed by atoms with Gasteiger partial charge in [0.15, 0.2) is 0 Å². The quantitative estimate of drug-likeness (QED) is 0.791. The lowest BCUT2D eigenvalue weighted by atomic mass is 9.86. The predicted octanol–water partition coefficient (Wildman–Crippen LogP) is 4.62. The Balaban J connectivity index is 2.05. The van der Waals surface area contributed by atoms with E-state index in [1.54, 1.807) is 26.8 Å². The molecule has 0 amide bonds. The van der Waals surface area contributed by atoms with Crippen LogP contribution in [0.1, 0.15) is 57.6 Å². The molecule has 2 rings (SSSR count). The van der Waals surface area contributed by atoms with Gasteiger partial charge >= 0.3 is 12.1 Å². The Bertz CT molecular complexity index is 630. The first-order valence-corrected chi connectivity index (χ1v) is 8.81. The average molecular weight is 373 g/mol. The summed E-state index contributed by atoms with van der Waals surface area (Å²) >= 11 is 0. The highest BCUT2D eigenvalue weighted by atomic mass is 19.4. The maximum Gasteiger partial charge on any atom is 0.416 e. The van der Waals surface area contributed by atoms with Gasteiger partial charge in [0.2, 0.25) is 0 Å². The number of alkyl halides is 3. The van der Waals surface area contributed by atoms with E-state index in [0.717, 1.165) is 6.07 Å². The number of carboxylic acids is 1. The zero-order valence-electron chi connectivity index (χ0n) is 15.3. The van der Waals surface area contributed by atoms with Crippen molar-refractivity contribution in [1.29, 1.82) is 0 Å². The molecule has 1 aromatic rings. The van der Waals surface area contributed by atoms with E-state index < -0.39 is 23.3 Å². The van der Waals surface area contributed by atoms with Crippen LogP contribution in [-0.4, -0.2) is 22.7 Å². The third-order valence-electron chi connectivity index (χ3n) is 4.47. The second kappa shape index (κ2) is 7.86. The van der Waals surface area contributed by atoms with Gasteiger partial charge in [-0.2, -0.15) is 13.2 Å². The number of carboxylic acid groups (broad SMARTS) is 1. The molecule has 0 unspecified atom stereocenters. The van der Waals surface area contributed by atoms with E-state index in [2.05, 4.69) is 5.32 Å². The van der Waals surface area contributed by atoms with Gasteiger partial charge in [-0.25, -0.2) is 0 Å². The third kappa shape index (κ3) is 5.90. The molecule has 1 saturated carbocycles. The van der Waals surface area contributed by atoms with E-state index >= 15 is 0 Å². The minimum absolute atomic E-state index is 0.0391. The van der Waals surface area contributed by atoms with E-state index in [1.165, 1.54) is 6.07 Å². The Labute approximate surface area is 151 Å². The smallest absolute Gasteiger partial charge is 0.416 e. The summed E-state index contributed by atoms with van der Waals surface area (Å²) in [4.78, 5) is 11.0. The van der Waals surface area contributed by atoms with Crippen LogP contribution in [-0.2, 0) is 17.5 Å². The van der Waals surface area contributed by atoms with Crippen molar-refractivity contribution in [2.75, 3.05) is 0 Å². The van der Waals surface area contributed by atoms with Gasteiger partial charge < -0.3 is 15.2 Å². The molecule has 0 heterocycles. The summed E-state index contributed by atoms with van der Waals surface area (Å²) in [5, 5.41) is 12.2. The van der Waals surface area contributed by atoms with Crippen molar-refractivity contribution >= 4 is 5.97 Å². The molecule has 2 N–H and O–H groups in total. The fraction of sp³-hybridized carbons (Fsp3) is 0.632. The minimum atomic E-state index is -4.46. The molecule has 0 aromatic heterocycles. The average Bonchev–Trinajstić information content (AvgIpc) is 2.51. The Morgan fingerprint density at radius 3 is 2.31 bits per heavy atom. The van der Waals surface area contributed by atoms with Crippen LogP contribution in [0.4, 0.5) is 13.2 Å². The summed E-state index contributed by atoms with van der Waals surface area (Å²) in [6.07, 6.45) is -2.04. The summed E-state index contributed by atoms with van der Waals surface area (Å²) in [6.45, 7) is 5.43. The number of halogens is 3. The maximum absolute atomic E-state index is 13.4. The molecule has 1 aliphatic rings. The van der Waals surface area contributed by atoms with E-state index in [1.807, 2.05) is 0 Å². The first-order valence-electron chi connectivity index (χ1n) is 8.81. The molecule has 0 saturated heterocycles. The van der Waals surface area contributed by atoms with Crippen LogP contribution in [0.25, 0.3) is 0 Å². The van der Waals surface area contributed by atoms with Crippen molar-refractivity contribution in [2.45, 2.75) is 70.8 Å². The fourth-order valence-electron chi connectivity index (χ4n) is 3.19. The number of ether oxygens (including phenoxy) is 1. The molecule has 0 spiro atoms. The molecule has 0 bridgehead atoms. The lowest BCUT2D eigenvalue weighted by Crippen LogP contribution is -2.35. The zero-order valence-corrected chi connectivity index (χ0v) is 15.3. The molecule has 4 nitrogen and oxygen atoms in total. The maximum atomic E-state index is 13.4. The molecule has 0 aliphatic heterocycles. The largest absolute Gasteiger partial charge is 0.488 e. The lowest BCUT2D eigenvalue weighted by molar-refractivity contribution is -0.143. The molecule has 1 aliphatic carbocycles. The molecule has 1 aromatic carbocycles. The van der Waals surface area contributed by atoms with Crippen molar-refractivity contribution < 1.29 is 27.8 Å². The van der Waals surface area contributed by atoms with Gasteiger partial charge in [-0.1, -0.05) is 6.07 Å². The second-order valence-electron chi connectivity index (χ2n) is 7.80. The van der Waals surface area contributed by atoms with Crippen molar-refractivity contribution in [3.8, 4) is 5.75 Å². The van der Waals surface area contributed by atoms with Gasteiger partial charge in [-0.15, -0.1) is 0 Å². The summed E-state index contributed by atoms with van der Waals surface area (Å²) in [7, 11) is 0. The fourth-order valence-corrected chi connectivity index (χ4v) is 3.19. The van der Waals surface area contributed by atoms with Crippen molar-refractivity contribution in [1.82, 2.24) is 5.32 Å². The Kier molecular flexibility index (Phi) is 6.21. The molecule has 26 heavy (non-hydrogen) atoms. The van der Waals surface area contributed by atoms with Crippen LogP contribution in [0.3, 0.4) is 0 Å². The number of hydrogen-bond donors (Lipinski definition) is 2. The van der Waals surface area contributed by atoms with Gasteiger partial charge in [0, 0.05) is 12.6 Å². The van der Waals surface area contributed by atoms with Crippen LogP contribution in [0.15, 0.2) is 18.2 Å². The molecule has 0 atom stereocenters. The van der Waals surface area contributed by atoms with Gasteiger partial charge in [0.25, 0.3) is 0 Å². The van der Waals surface area contributed by atoms with Crippen molar-refractivity contribution in [2.24, 2.45) is 5.92 Å². The van der Waals surface area contributed by atoms with Crippen LogP contribution in [0, 0.1) is 5.92 Å². The first kappa shape index (κ1) is 20.6. The number of carbonyl (C=O) groups is 1.